The molecule has 3 heterocycles. The van der Waals surface area contributed by atoms with E-state index < -0.39 is 155 Å². The zero-order chi connectivity index (χ0) is 64.0. The van der Waals surface area contributed by atoms with Crippen molar-refractivity contribution < 1.29 is 104 Å². The van der Waals surface area contributed by atoms with E-state index in [1.807, 2.05) is 6.08 Å². The molecule has 0 aromatic rings. The average Bonchev–Trinajstić information content (AvgIpc) is 0.859. The molecule has 0 spiro atoms. The molecule has 87 heavy (non-hydrogen) atoms. The highest BCUT2D eigenvalue weighted by Crippen LogP contribution is 2.39. The molecule has 0 saturated carbocycles. The maximum Gasteiger partial charge on any atom is 0.364 e. The third-order valence-corrected chi connectivity index (χ3v) is 17.2. The molecule has 14 N–H and O–H groups in total. The minimum atomic E-state index is -3.08. The first-order valence-corrected chi connectivity index (χ1v) is 33.6. The Labute approximate surface area is 518 Å². The van der Waals surface area contributed by atoms with Crippen molar-refractivity contribution in [2.75, 3.05) is 26.4 Å². The van der Waals surface area contributed by atoms with Gasteiger partial charge in [0.25, 0.3) is 5.79 Å². The van der Waals surface area contributed by atoms with Crippen LogP contribution in [0.4, 0.5) is 0 Å². The van der Waals surface area contributed by atoms with Crippen molar-refractivity contribution in [3.05, 3.63) is 12.2 Å². The lowest BCUT2D eigenvalue weighted by Gasteiger charge is -2.50. The molecule has 2 amide bonds. The summed E-state index contributed by atoms with van der Waals surface area (Å²) in [6, 6.07) is -2.61. The van der Waals surface area contributed by atoms with E-state index in [2.05, 4.69) is 24.5 Å². The smallest absolute Gasteiger partial charge is 0.364 e. The van der Waals surface area contributed by atoms with Gasteiger partial charge in [-0.1, -0.05) is 212 Å². The third kappa shape index (κ3) is 28.9. The zero-order valence-electron chi connectivity index (χ0n) is 52.9. The SMILES string of the molecule is CCCCCCCCCCCCCCCCCCCCCCC/C=C/C(O)C(COC1OC(CO)C(OC2OC(CO)C(O)C(OC3(C(=O)O)CC(O)C(NC(C)=O)C(C(O)C(O)CO)O3)C2O)C(O)C1O)NC(=O)CCCCCCCCCCCC. The number of amides is 2. The Bertz CT molecular complexity index is 1820. The Hall–Kier alpha value is -2.53. The molecule has 0 aromatic carbocycles. The molecule has 510 valence electrons. The van der Waals surface area contributed by atoms with E-state index in [0.717, 1.165) is 51.9 Å². The number of unbranched alkanes of at least 4 members (excludes halogenated alkanes) is 30. The Kier molecular flexibility index (Phi) is 41.3. The fraction of sp³-hybridized carbons (Fsp3) is 0.922. The van der Waals surface area contributed by atoms with Crippen LogP contribution in [-0.4, -0.2) is 215 Å². The van der Waals surface area contributed by atoms with Crippen molar-refractivity contribution in [1.82, 2.24) is 10.6 Å². The van der Waals surface area contributed by atoms with Crippen molar-refractivity contribution in [2.24, 2.45) is 0 Å². The van der Waals surface area contributed by atoms with E-state index in [1.54, 1.807) is 6.08 Å². The highest BCUT2D eigenvalue weighted by Gasteiger charge is 2.60. The lowest BCUT2D eigenvalue weighted by Crippen LogP contribution is -2.70. The van der Waals surface area contributed by atoms with Gasteiger partial charge in [0, 0.05) is 19.8 Å². The second-order valence-corrected chi connectivity index (χ2v) is 24.7. The third-order valence-electron chi connectivity index (χ3n) is 17.2. The molecule has 23 nitrogen and oxygen atoms in total. The summed E-state index contributed by atoms with van der Waals surface area (Å²) in [5, 5.41) is 136. The van der Waals surface area contributed by atoms with Gasteiger partial charge in [0.1, 0.15) is 67.1 Å². The summed E-state index contributed by atoms with van der Waals surface area (Å²) >= 11 is 0. The Morgan fingerprint density at radius 1 is 0.598 bits per heavy atom. The Morgan fingerprint density at radius 3 is 1.53 bits per heavy atom. The molecule has 3 saturated heterocycles. The number of aliphatic hydroxyl groups is 11. The van der Waals surface area contributed by atoms with Crippen LogP contribution in [0.15, 0.2) is 12.2 Å². The van der Waals surface area contributed by atoms with Crippen LogP contribution >= 0.6 is 0 Å². The number of nitrogens with one attached hydrogen (secondary N) is 2. The first-order valence-electron chi connectivity index (χ1n) is 33.6. The van der Waals surface area contributed by atoms with Crippen molar-refractivity contribution in [3.8, 4) is 0 Å². The molecule has 3 aliphatic rings. The van der Waals surface area contributed by atoms with E-state index in [4.69, 9.17) is 28.4 Å². The number of carbonyl (C=O) groups excluding carboxylic acids is 2. The van der Waals surface area contributed by atoms with Gasteiger partial charge in [-0.15, -0.1) is 0 Å². The number of rotatable bonds is 50. The van der Waals surface area contributed by atoms with E-state index in [0.29, 0.717) is 12.8 Å². The summed E-state index contributed by atoms with van der Waals surface area (Å²) in [6.45, 7) is 2.11. The number of hydrogen-bond donors (Lipinski definition) is 14. The van der Waals surface area contributed by atoms with Gasteiger partial charge in [-0.2, -0.15) is 0 Å². The molecule has 23 heteroatoms. The number of aliphatic carboxylic acids is 1. The lowest BCUT2D eigenvalue weighted by molar-refractivity contribution is -0.386. The summed E-state index contributed by atoms with van der Waals surface area (Å²) in [7, 11) is 0. The van der Waals surface area contributed by atoms with Gasteiger partial charge in [0.2, 0.25) is 11.8 Å². The van der Waals surface area contributed by atoms with Gasteiger partial charge in [0.05, 0.1) is 50.7 Å². The predicted molar refractivity (Wildman–Crippen MR) is 325 cm³/mol. The van der Waals surface area contributed by atoms with E-state index in [1.165, 1.54) is 148 Å². The van der Waals surface area contributed by atoms with Crippen molar-refractivity contribution in [1.29, 1.82) is 0 Å². The lowest BCUT2D eigenvalue weighted by atomic mass is 9.88. The van der Waals surface area contributed by atoms with E-state index >= 15 is 0 Å². The number of carboxylic acid groups (broad SMARTS) is 1. The predicted octanol–water partition coefficient (Wildman–Crippen LogP) is 5.12. The zero-order valence-corrected chi connectivity index (χ0v) is 52.9. The molecule has 3 aliphatic heterocycles. The average molecular weight is 1250 g/mol. The quantitative estimate of drug-likeness (QED) is 0.0278. The standard InChI is InChI=1S/C64H118N2O21/c1-4-6-8-10-12-14-16-17-18-19-20-21-22-23-24-25-26-27-28-29-31-33-35-37-46(71)45(66-51(74)38-36-34-32-30-15-13-11-9-7-5-2)43-82-61-56(78)55(77)58(50(42-69)84-61)85-62-57(79)60(54(76)49(41-68)83-62)87-64(63(80)81)39-47(72)52(65-44(3)70)59(86-64)53(75)48(73)40-67/h35,37,45-50,52-62,67-69,71-73,75-79H,4-34,36,38-43H2,1-3H3,(H,65,70)(H,66,74)(H,80,81)/b37-35+. The molecule has 0 radical (unpaired) electrons. The van der Waals surface area contributed by atoms with Crippen LogP contribution < -0.4 is 10.6 Å². The number of ether oxygens (including phenoxy) is 6. The molecule has 3 fully saturated rings. The highest BCUT2D eigenvalue weighted by atomic mass is 16.8. The summed E-state index contributed by atoms with van der Waals surface area (Å²) in [4.78, 5) is 38.4. The van der Waals surface area contributed by atoms with Gasteiger partial charge >= 0.3 is 5.97 Å². The molecular formula is C64H118N2O21. The first-order chi connectivity index (χ1) is 41.9. The highest BCUT2D eigenvalue weighted by molar-refractivity contribution is 5.77. The Morgan fingerprint density at radius 2 is 1.07 bits per heavy atom. The topological polar surface area (TPSA) is 373 Å². The van der Waals surface area contributed by atoms with Crippen molar-refractivity contribution in [2.45, 2.75) is 349 Å². The number of hydrogen-bond acceptors (Lipinski definition) is 20. The molecule has 18 unspecified atom stereocenters. The van der Waals surface area contributed by atoms with Gasteiger partial charge in [-0.3, -0.25) is 9.59 Å². The fourth-order valence-corrected chi connectivity index (χ4v) is 11.8. The second-order valence-electron chi connectivity index (χ2n) is 24.7. The molecule has 3 rings (SSSR count). The molecule has 0 aliphatic carbocycles. The van der Waals surface area contributed by atoms with Gasteiger partial charge in [0.15, 0.2) is 12.6 Å². The van der Waals surface area contributed by atoms with Crippen LogP contribution in [0.3, 0.4) is 0 Å². The number of aliphatic hydroxyl groups excluding tert-OH is 11. The second kappa shape index (κ2) is 45.7. The maximum atomic E-state index is 13.4. The number of carbonyl (C=O) groups is 3. The maximum absolute atomic E-state index is 13.4. The minimum absolute atomic E-state index is 0.203. The van der Waals surface area contributed by atoms with Crippen molar-refractivity contribution in [3.63, 3.8) is 0 Å². The van der Waals surface area contributed by atoms with Gasteiger partial charge in [-0.05, 0) is 19.3 Å². The first kappa shape index (κ1) is 78.7. The van der Waals surface area contributed by atoms with Gasteiger partial charge in [-0.25, -0.2) is 4.79 Å². The van der Waals surface area contributed by atoms with Crippen molar-refractivity contribution >= 4 is 17.8 Å². The summed E-state index contributed by atoms with van der Waals surface area (Å²) in [6.07, 6.45) is 12.8. The van der Waals surface area contributed by atoms with Crippen LogP contribution in [0, 0.1) is 0 Å². The molecule has 0 bridgehead atoms. The normalized spacial score (nSPS) is 29.2. The van der Waals surface area contributed by atoms with E-state index in [9.17, 15) is 75.7 Å². The minimum Gasteiger partial charge on any atom is -0.477 e. The monoisotopic (exact) mass is 1250 g/mol. The molecular weight excluding hydrogens is 1130 g/mol. The fourth-order valence-electron chi connectivity index (χ4n) is 11.8. The van der Waals surface area contributed by atoms with Gasteiger partial charge < -0.3 is 100 Å². The Balaban J connectivity index is 1.59. The summed E-state index contributed by atoms with van der Waals surface area (Å²) < 4.78 is 34.7. The number of carboxylic acids is 1. The van der Waals surface area contributed by atoms with Crippen LogP contribution in [0.2, 0.25) is 0 Å². The summed E-state index contributed by atoms with van der Waals surface area (Å²) in [5.41, 5.74) is 0. The summed E-state index contributed by atoms with van der Waals surface area (Å²) in [5.74, 6) is -6.14. The van der Waals surface area contributed by atoms with Crippen LogP contribution in [0.1, 0.15) is 239 Å². The largest absolute Gasteiger partial charge is 0.477 e. The molecule has 0 aromatic heterocycles. The van der Waals surface area contributed by atoms with Crippen LogP contribution in [-0.2, 0) is 42.8 Å². The molecule has 18 atom stereocenters. The van der Waals surface area contributed by atoms with Crippen LogP contribution in [0.25, 0.3) is 0 Å². The van der Waals surface area contributed by atoms with E-state index in [-0.39, 0.29) is 12.3 Å². The number of allylic oxidation sites excluding steroid dienone is 1. The van der Waals surface area contributed by atoms with Crippen LogP contribution in [0.5, 0.6) is 0 Å².